The van der Waals surface area contributed by atoms with E-state index in [4.69, 9.17) is 11.6 Å². The highest BCUT2D eigenvalue weighted by Gasteiger charge is 2.16. The third kappa shape index (κ3) is 2.55. The topological polar surface area (TPSA) is 79.4 Å². The second kappa shape index (κ2) is 5.86. The predicted octanol–water partition coefficient (Wildman–Crippen LogP) is 3.95. The summed E-state index contributed by atoms with van der Waals surface area (Å²) in [4.78, 5) is 19.8. The Hall–Kier alpha value is -3.06. The van der Waals surface area contributed by atoms with Crippen molar-refractivity contribution in [1.29, 1.82) is 0 Å². The van der Waals surface area contributed by atoms with Gasteiger partial charge in [0.05, 0.1) is 16.1 Å². The van der Waals surface area contributed by atoms with Crippen LogP contribution in [0.15, 0.2) is 49.1 Å². The van der Waals surface area contributed by atoms with Crippen LogP contribution >= 0.6 is 11.6 Å². The molecule has 4 rings (SSSR count). The van der Waals surface area contributed by atoms with Crippen molar-refractivity contribution in [3.8, 4) is 11.4 Å². The number of halogens is 2. The molecule has 0 fully saturated rings. The molecule has 3 aromatic heterocycles. The minimum Gasteiger partial charge on any atom is -0.338 e. The van der Waals surface area contributed by atoms with Crippen molar-refractivity contribution in [3.63, 3.8) is 0 Å². The molecule has 0 aliphatic rings. The Balaban J connectivity index is 1.83. The maximum absolute atomic E-state index is 14.1. The molecule has 0 amide bonds. The lowest BCUT2D eigenvalue weighted by molar-refractivity contribution is 0.630. The Morgan fingerprint density at radius 3 is 2.79 bits per heavy atom. The van der Waals surface area contributed by atoms with Crippen LogP contribution in [0.4, 0.5) is 16.0 Å². The smallest absolute Gasteiger partial charge is 0.159 e. The first-order chi connectivity index (χ1) is 11.7. The molecule has 0 atom stereocenters. The van der Waals surface area contributed by atoms with Crippen molar-refractivity contribution in [3.05, 3.63) is 59.9 Å². The number of H-pyrrole nitrogens is 1. The number of benzene rings is 1. The fourth-order valence-electron chi connectivity index (χ4n) is 2.36. The summed E-state index contributed by atoms with van der Waals surface area (Å²) in [6.45, 7) is 0. The molecule has 118 valence electrons. The monoisotopic (exact) mass is 340 g/mol. The molecule has 3 heterocycles. The second-order valence-electron chi connectivity index (χ2n) is 4.96. The fraction of sp³-hybridized carbons (Fsp3) is 0. The number of fused-ring (bicyclic) bond motifs is 1. The average Bonchev–Trinajstić information content (AvgIpc) is 3.00. The van der Waals surface area contributed by atoms with Gasteiger partial charge in [0, 0.05) is 12.4 Å². The van der Waals surface area contributed by atoms with Gasteiger partial charge in [0.1, 0.15) is 29.3 Å². The number of rotatable bonds is 3. The van der Waals surface area contributed by atoms with Gasteiger partial charge in [0.2, 0.25) is 0 Å². The maximum Gasteiger partial charge on any atom is 0.159 e. The third-order valence-corrected chi connectivity index (χ3v) is 3.74. The summed E-state index contributed by atoms with van der Waals surface area (Å²) in [5, 5.41) is 3.35. The highest BCUT2D eigenvalue weighted by Crippen LogP contribution is 2.31. The second-order valence-corrected chi connectivity index (χ2v) is 5.36. The molecule has 0 aliphatic heterocycles. The molecule has 4 aromatic rings. The van der Waals surface area contributed by atoms with Crippen LogP contribution in [0, 0.1) is 5.82 Å². The average molecular weight is 341 g/mol. The van der Waals surface area contributed by atoms with Crippen molar-refractivity contribution in [2.24, 2.45) is 0 Å². The van der Waals surface area contributed by atoms with Gasteiger partial charge >= 0.3 is 0 Å². The number of pyridine rings is 1. The molecule has 2 N–H and O–H groups in total. The Bertz CT molecular complexity index is 997. The van der Waals surface area contributed by atoms with Gasteiger partial charge in [-0.15, -0.1) is 0 Å². The number of hydrogen-bond acceptors (Lipinski definition) is 5. The van der Waals surface area contributed by atoms with Crippen LogP contribution < -0.4 is 5.32 Å². The van der Waals surface area contributed by atoms with Crippen LogP contribution in [0.2, 0.25) is 5.02 Å². The molecule has 0 saturated heterocycles. The van der Waals surface area contributed by atoms with Gasteiger partial charge < -0.3 is 10.3 Å². The molecule has 0 unspecified atom stereocenters. The number of anilines is 2. The van der Waals surface area contributed by atoms with E-state index in [0.717, 1.165) is 0 Å². The van der Waals surface area contributed by atoms with Gasteiger partial charge in [-0.2, -0.15) is 0 Å². The summed E-state index contributed by atoms with van der Waals surface area (Å²) >= 11 is 6.11. The minimum atomic E-state index is -0.445. The number of nitrogens with zero attached hydrogens (tertiary/aromatic N) is 4. The SMILES string of the molecule is Fc1cccc(Cl)c1-c1nc2c(Nc3ccncn3)nccc2[nH]1. The maximum atomic E-state index is 14.1. The molecule has 0 spiro atoms. The zero-order valence-corrected chi connectivity index (χ0v) is 12.9. The van der Waals surface area contributed by atoms with E-state index in [2.05, 4.69) is 30.2 Å². The lowest BCUT2D eigenvalue weighted by Gasteiger charge is -2.03. The van der Waals surface area contributed by atoms with Gasteiger partial charge in [-0.25, -0.2) is 24.3 Å². The largest absolute Gasteiger partial charge is 0.338 e. The van der Waals surface area contributed by atoms with Crippen molar-refractivity contribution in [2.45, 2.75) is 0 Å². The summed E-state index contributed by atoms with van der Waals surface area (Å²) in [6, 6.07) is 7.97. The minimum absolute atomic E-state index is 0.225. The van der Waals surface area contributed by atoms with Gasteiger partial charge in [0.25, 0.3) is 0 Å². The van der Waals surface area contributed by atoms with E-state index in [1.807, 2.05) is 0 Å². The molecule has 0 aliphatic carbocycles. The van der Waals surface area contributed by atoms with Gasteiger partial charge in [-0.1, -0.05) is 17.7 Å². The molecule has 1 aromatic carbocycles. The fourth-order valence-corrected chi connectivity index (χ4v) is 2.61. The Labute approximate surface area is 140 Å². The van der Waals surface area contributed by atoms with E-state index in [-0.39, 0.29) is 10.6 Å². The number of aromatic nitrogens is 5. The Kier molecular flexibility index (Phi) is 3.55. The van der Waals surface area contributed by atoms with Crippen LogP contribution in [0.3, 0.4) is 0 Å². The lowest BCUT2D eigenvalue weighted by atomic mass is 10.2. The zero-order chi connectivity index (χ0) is 16.5. The third-order valence-electron chi connectivity index (χ3n) is 3.43. The summed E-state index contributed by atoms with van der Waals surface area (Å²) < 4.78 is 14.1. The van der Waals surface area contributed by atoms with Crippen molar-refractivity contribution >= 4 is 34.3 Å². The number of aromatic amines is 1. The first-order valence-electron chi connectivity index (χ1n) is 7.04. The molecule has 8 heteroatoms. The standard InChI is InChI=1S/C16H10ClFN6/c17-9-2-1-3-10(18)13(9)15-22-11-4-7-20-16(14(11)24-15)23-12-5-6-19-8-21-12/h1-8H,(H,22,24)(H,19,20,21,23). The van der Waals surface area contributed by atoms with Gasteiger partial charge in [-0.3, -0.25) is 0 Å². The Morgan fingerprint density at radius 1 is 1.08 bits per heavy atom. The lowest BCUT2D eigenvalue weighted by Crippen LogP contribution is -1.96. The molecule has 0 bridgehead atoms. The van der Waals surface area contributed by atoms with Crippen molar-refractivity contribution in [2.75, 3.05) is 5.32 Å². The number of hydrogen-bond donors (Lipinski definition) is 2. The summed E-state index contributed by atoms with van der Waals surface area (Å²) in [7, 11) is 0. The first kappa shape index (κ1) is 14.5. The van der Waals surface area contributed by atoms with E-state index in [9.17, 15) is 4.39 Å². The molecule has 6 nitrogen and oxygen atoms in total. The highest BCUT2D eigenvalue weighted by molar-refractivity contribution is 6.33. The van der Waals surface area contributed by atoms with Gasteiger partial charge in [0.15, 0.2) is 5.82 Å². The molecule has 24 heavy (non-hydrogen) atoms. The molecule has 0 radical (unpaired) electrons. The van der Waals surface area contributed by atoms with E-state index in [1.54, 1.807) is 36.7 Å². The quantitative estimate of drug-likeness (QED) is 0.590. The summed E-state index contributed by atoms with van der Waals surface area (Å²) in [6.07, 6.45) is 4.67. The van der Waals surface area contributed by atoms with Gasteiger partial charge in [-0.05, 0) is 24.3 Å². The van der Waals surface area contributed by atoms with Crippen molar-refractivity contribution < 1.29 is 4.39 Å². The van der Waals surface area contributed by atoms with E-state index in [1.165, 1.54) is 12.4 Å². The van der Waals surface area contributed by atoms with Crippen LogP contribution in [0.25, 0.3) is 22.4 Å². The zero-order valence-electron chi connectivity index (χ0n) is 12.2. The summed E-state index contributed by atoms with van der Waals surface area (Å²) in [5.74, 6) is 0.978. The first-order valence-corrected chi connectivity index (χ1v) is 7.42. The van der Waals surface area contributed by atoms with E-state index >= 15 is 0 Å². The normalized spacial score (nSPS) is 10.9. The van der Waals surface area contributed by atoms with Crippen LogP contribution in [-0.4, -0.2) is 24.9 Å². The van der Waals surface area contributed by atoms with Crippen molar-refractivity contribution in [1.82, 2.24) is 24.9 Å². The molecular weight excluding hydrogens is 331 g/mol. The molecule has 0 saturated carbocycles. The van der Waals surface area contributed by atoms with E-state index < -0.39 is 5.82 Å². The number of imidazole rings is 1. The molecular formula is C16H10ClFN6. The van der Waals surface area contributed by atoms with E-state index in [0.29, 0.717) is 28.5 Å². The summed E-state index contributed by atoms with van der Waals surface area (Å²) in [5.41, 5.74) is 1.49. The Morgan fingerprint density at radius 2 is 2.00 bits per heavy atom. The number of nitrogens with one attached hydrogen (secondary N) is 2. The highest BCUT2D eigenvalue weighted by atomic mass is 35.5. The predicted molar refractivity (Wildman–Crippen MR) is 89.6 cm³/mol. The van der Waals surface area contributed by atoms with Crippen LogP contribution in [-0.2, 0) is 0 Å². The van der Waals surface area contributed by atoms with Crippen LogP contribution in [0.1, 0.15) is 0 Å². The van der Waals surface area contributed by atoms with Crippen LogP contribution in [0.5, 0.6) is 0 Å².